The molecule has 1 amide bonds. The van der Waals surface area contributed by atoms with Crippen LogP contribution in [0.4, 0.5) is 4.79 Å². The van der Waals surface area contributed by atoms with Gasteiger partial charge in [0.25, 0.3) is 10.1 Å². The number of ether oxygens (including phenoxy) is 2. The van der Waals surface area contributed by atoms with Gasteiger partial charge in [-0.1, -0.05) is 17.7 Å². The Hall–Kier alpha value is -1.64. The van der Waals surface area contributed by atoms with E-state index in [9.17, 15) is 13.2 Å². The molecule has 0 atom stereocenters. The lowest BCUT2D eigenvalue weighted by Gasteiger charge is -2.58. The average Bonchev–Trinajstić information content (AvgIpc) is 2.49. The van der Waals surface area contributed by atoms with Crippen molar-refractivity contribution in [2.75, 3.05) is 26.3 Å². The fourth-order valence-corrected chi connectivity index (χ4v) is 4.53. The van der Waals surface area contributed by atoms with Gasteiger partial charge < -0.3 is 14.4 Å². The van der Waals surface area contributed by atoms with E-state index in [0.717, 1.165) is 18.4 Å². The third-order valence-corrected chi connectivity index (χ3v) is 6.34. The summed E-state index contributed by atoms with van der Waals surface area (Å²) in [6.45, 7) is 9.06. The summed E-state index contributed by atoms with van der Waals surface area (Å²) in [7, 11) is -3.75. The molecule has 2 fully saturated rings. The third-order valence-electron chi connectivity index (χ3n) is 5.01. The number of rotatable bonds is 6. The van der Waals surface area contributed by atoms with Crippen molar-refractivity contribution in [3.63, 3.8) is 0 Å². The summed E-state index contributed by atoms with van der Waals surface area (Å²) in [5.74, 6) is 0. The Morgan fingerprint density at radius 3 is 2.32 bits per heavy atom. The molecule has 0 N–H and O–H groups in total. The van der Waals surface area contributed by atoms with Gasteiger partial charge in [-0.15, -0.1) is 0 Å². The molecule has 156 valence electrons. The molecular weight excluding hydrogens is 382 g/mol. The SMILES string of the molecule is Cc1ccc(S(=O)(=O)OCCOC2CC3(C2)CN(C(=O)OC(C)(C)C)C3)cc1. The molecule has 8 heteroatoms. The van der Waals surface area contributed by atoms with Crippen LogP contribution in [-0.2, 0) is 23.8 Å². The Morgan fingerprint density at radius 1 is 1.14 bits per heavy atom. The molecule has 0 bridgehead atoms. The zero-order valence-electron chi connectivity index (χ0n) is 16.9. The van der Waals surface area contributed by atoms with Crippen LogP contribution in [-0.4, -0.2) is 57.4 Å². The smallest absolute Gasteiger partial charge is 0.410 e. The second-order valence-electron chi connectivity index (χ2n) is 8.83. The van der Waals surface area contributed by atoms with Gasteiger partial charge in [0.2, 0.25) is 0 Å². The lowest BCUT2D eigenvalue weighted by molar-refractivity contribution is -0.148. The van der Waals surface area contributed by atoms with Crippen LogP contribution in [0.25, 0.3) is 0 Å². The zero-order chi connectivity index (χ0) is 20.6. The minimum absolute atomic E-state index is 0.0102. The van der Waals surface area contributed by atoms with Crippen LogP contribution in [0.3, 0.4) is 0 Å². The molecule has 0 radical (unpaired) electrons. The van der Waals surface area contributed by atoms with Gasteiger partial charge >= 0.3 is 6.09 Å². The van der Waals surface area contributed by atoms with Gasteiger partial charge in [-0.25, -0.2) is 4.79 Å². The molecule has 28 heavy (non-hydrogen) atoms. The van der Waals surface area contributed by atoms with Crippen LogP contribution in [0.15, 0.2) is 29.2 Å². The van der Waals surface area contributed by atoms with Gasteiger partial charge in [0.15, 0.2) is 0 Å². The van der Waals surface area contributed by atoms with Crippen LogP contribution in [0.5, 0.6) is 0 Å². The molecule has 1 aromatic rings. The van der Waals surface area contributed by atoms with Gasteiger partial charge in [-0.3, -0.25) is 4.18 Å². The monoisotopic (exact) mass is 411 g/mol. The number of aryl methyl sites for hydroxylation is 1. The Morgan fingerprint density at radius 2 is 1.75 bits per heavy atom. The van der Waals surface area contributed by atoms with Crippen LogP contribution in [0.2, 0.25) is 0 Å². The second kappa shape index (κ2) is 7.65. The first kappa shape index (κ1) is 21.1. The highest BCUT2D eigenvalue weighted by atomic mass is 32.2. The standard InChI is InChI=1S/C20H29NO6S/c1-15-5-7-17(8-6-15)28(23,24)26-10-9-25-16-11-20(12-16)13-21(14-20)18(22)27-19(2,3)4/h5-8,16H,9-14H2,1-4H3. The molecule has 0 aromatic heterocycles. The largest absolute Gasteiger partial charge is 0.444 e. The number of nitrogens with zero attached hydrogens (tertiary/aromatic N) is 1. The molecule has 1 aromatic carbocycles. The first-order chi connectivity index (χ1) is 13.0. The van der Waals surface area contributed by atoms with Crippen molar-refractivity contribution in [3.8, 4) is 0 Å². The number of amides is 1. The average molecular weight is 412 g/mol. The van der Waals surface area contributed by atoms with E-state index < -0.39 is 15.7 Å². The molecule has 1 spiro atoms. The van der Waals surface area contributed by atoms with E-state index in [1.807, 2.05) is 27.7 Å². The summed E-state index contributed by atoms with van der Waals surface area (Å²) in [4.78, 5) is 13.9. The molecule has 3 rings (SSSR count). The summed E-state index contributed by atoms with van der Waals surface area (Å²) >= 11 is 0. The van der Waals surface area contributed by atoms with E-state index in [0.29, 0.717) is 13.1 Å². The van der Waals surface area contributed by atoms with Crippen LogP contribution in [0, 0.1) is 12.3 Å². The van der Waals surface area contributed by atoms with E-state index in [-0.39, 0.29) is 35.7 Å². The predicted octanol–water partition coefficient (Wildman–Crippen LogP) is 3.12. The van der Waals surface area contributed by atoms with Gasteiger partial charge in [-0.2, -0.15) is 8.42 Å². The van der Waals surface area contributed by atoms with Gasteiger partial charge in [0.1, 0.15) is 5.60 Å². The van der Waals surface area contributed by atoms with E-state index in [2.05, 4.69) is 0 Å². The van der Waals surface area contributed by atoms with Crippen molar-refractivity contribution in [3.05, 3.63) is 29.8 Å². The summed E-state index contributed by atoms with van der Waals surface area (Å²) in [6.07, 6.45) is 1.57. The zero-order valence-corrected chi connectivity index (χ0v) is 17.8. The lowest BCUT2D eigenvalue weighted by Crippen LogP contribution is -2.65. The third kappa shape index (κ3) is 5.04. The Balaban J connectivity index is 1.32. The Labute approximate surface area is 167 Å². The molecule has 1 aliphatic carbocycles. The maximum absolute atomic E-state index is 12.1. The number of benzene rings is 1. The Bertz CT molecular complexity index is 798. The molecule has 0 unspecified atom stereocenters. The van der Waals surface area contributed by atoms with E-state index in [4.69, 9.17) is 13.7 Å². The highest BCUT2D eigenvalue weighted by Crippen LogP contribution is 2.49. The van der Waals surface area contributed by atoms with Crippen molar-refractivity contribution >= 4 is 16.2 Å². The molecule has 2 aliphatic rings. The van der Waals surface area contributed by atoms with E-state index in [1.54, 1.807) is 17.0 Å². The predicted molar refractivity (Wildman–Crippen MR) is 104 cm³/mol. The number of hydrogen-bond acceptors (Lipinski definition) is 6. The summed E-state index contributed by atoms with van der Waals surface area (Å²) < 4.78 is 40.3. The molecular formula is C20H29NO6S. The van der Waals surface area contributed by atoms with Crippen LogP contribution >= 0.6 is 0 Å². The molecule has 1 heterocycles. The summed E-state index contributed by atoms with van der Waals surface area (Å²) in [5, 5.41) is 0. The quantitative estimate of drug-likeness (QED) is 0.528. The molecule has 1 saturated carbocycles. The summed E-state index contributed by atoms with van der Waals surface area (Å²) in [6, 6.07) is 6.54. The van der Waals surface area contributed by atoms with Crippen molar-refractivity contribution in [1.29, 1.82) is 0 Å². The highest BCUT2D eigenvalue weighted by molar-refractivity contribution is 7.86. The maximum atomic E-state index is 12.1. The fraction of sp³-hybridized carbons (Fsp3) is 0.650. The second-order valence-corrected chi connectivity index (χ2v) is 10.4. The number of carbonyl (C=O) groups is 1. The lowest BCUT2D eigenvalue weighted by atomic mass is 9.62. The van der Waals surface area contributed by atoms with Crippen LogP contribution < -0.4 is 0 Å². The first-order valence-electron chi connectivity index (χ1n) is 9.54. The minimum Gasteiger partial charge on any atom is -0.444 e. The highest BCUT2D eigenvalue weighted by Gasteiger charge is 2.54. The Kier molecular flexibility index (Phi) is 5.76. The van der Waals surface area contributed by atoms with Crippen molar-refractivity contribution in [1.82, 2.24) is 4.90 Å². The maximum Gasteiger partial charge on any atom is 0.410 e. The van der Waals surface area contributed by atoms with Gasteiger partial charge in [-0.05, 0) is 52.7 Å². The van der Waals surface area contributed by atoms with Crippen LogP contribution in [0.1, 0.15) is 39.2 Å². The molecule has 1 aliphatic heterocycles. The van der Waals surface area contributed by atoms with Crippen molar-refractivity contribution in [2.24, 2.45) is 5.41 Å². The molecule has 7 nitrogen and oxygen atoms in total. The number of carbonyl (C=O) groups excluding carboxylic acids is 1. The van der Waals surface area contributed by atoms with Crippen molar-refractivity contribution < 1.29 is 26.9 Å². The molecule has 1 saturated heterocycles. The first-order valence-corrected chi connectivity index (χ1v) is 10.9. The number of hydrogen-bond donors (Lipinski definition) is 0. The van der Waals surface area contributed by atoms with Gasteiger partial charge in [0, 0.05) is 18.5 Å². The van der Waals surface area contributed by atoms with Crippen molar-refractivity contribution in [2.45, 2.75) is 57.1 Å². The van der Waals surface area contributed by atoms with Gasteiger partial charge in [0.05, 0.1) is 24.2 Å². The number of likely N-dealkylation sites (tertiary alicyclic amines) is 1. The normalized spacial score (nSPS) is 19.2. The van der Waals surface area contributed by atoms with E-state index in [1.165, 1.54) is 12.1 Å². The topological polar surface area (TPSA) is 82.1 Å². The fourth-order valence-electron chi connectivity index (χ4n) is 3.63. The minimum atomic E-state index is -3.75. The summed E-state index contributed by atoms with van der Waals surface area (Å²) in [5.41, 5.74) is 0.642. The van der Waals surface area contributed by atoms with E-state index >= 15 is 0 Å².